The highest BCUT2D eigenvalue weighted by atomic mass is 79.9. The third-order valence-corrected chi connectivity index (χ3v) is 5.29. The van der Waals surface area contributed by atoms with Crippen LogP contribution >= 0.6 is 27.5 Å². The monoisotopic (exact) mass is 385 g/mol. The molecule has 0 saturated carbocycles. The van der Waals surface area contributed by atoms with E-state index in [9.17, 15) is 13.2 Å². The minimum absolute atomic E-state index is 0.0853. The van der Waals surface area contributed by atoms with Gasteiger partial charge in [0.25, 0.3) is 0 Å². The zero-order chi connectivity index (χ0) is 15.7. The lowest BCUT2D eigenvalue weighted by Gasteiger charge is -2.23. The van der Waals surface area contributed by atoms with Crippen molar-refractivity contribution in [3.8, 4) is 0 Å². The molecule has 0 aliphatic rings. The van der Waals surface area contributed by atoms with Crippen LogP contribution in [0.5, 0.6) is 0 Å². The summed E-state index contributed by atoms with van der Waals surface area (Å²) < 4.78 is 26.8. The number of aliphatic hydroxyl groups excluding tert-OH is 1. The van der Waals surface area contributed by atoms with Gasteiger partial charge in [-0.15, -0.1) is 0 Å². The molecular weight excluding hydrogens is 374 g/mol. The van der Waals surface area contributed by atoms with Gasteiger partial charge in [0, 0.05) is 4.47 Å². The standard InChI is InChI=1S/C11H13BrClNO5S/c1-11(2,5-15)14-20(18,19)6-3-7(10(16)17)9(13)8(12)4-6/h3-4,14-15H,5H2,1-2H3,(H,16,17). The third-order valence-electron chi connectivity index (χ3n) is 2.35. The largest absolute Gasteiger partial charge is 0.478 e. The van der Waals surface area contributed by atoms with Gasteiger partial charge >= 0.3 is 5.97 Å². The van der Waals surface area contributed by atoms with Crippen LogP contribution in [0.15, 0.2) is 21.5 Å². The maximum atomic E-state index is 12.2. The van der Waals surface area contributed by atoms with Gasteiger partial charge in [-0.2, -0.15) is 0 Å². The number of aliphatic hydroxyl groups is 1. The molecule has 1 rings (SSSR count). The van der Waals surface area contributed by atoms with Gasteiger partial charge in [0.2, 0.25) is 10.0 Å². The molecule has 1 aromatic carbocycles. The summed E-state index contributed by atoms with van der Waals surface area (Å²) in [5.74, 6) is -1.34. The van der Waals surface area contributed by atoms with Crippen LogP contribution in [-0.4, -0.2) is 36.7 Å². The highest BCUT2D eigenvalue weighted by Gasteiger charge is 2.27. The quantitative estimate of drug-likeness (QED) is 0.716. The second kappa shape index (κ2) is 5.98. The van der Waals surface area contributed by atoms with E-state index in [0.29, 0.717) is 0 Å². The van der Waals surface area contributed by atoms with E-state index >= 15 is 0 Å². The van der Waals surface area contributed by atoms with Crippen molar-refractivity contribution < 1.29 is 23.4 Å². The molecule has 0 aromatic heterocycles. The van der Waals surface area contributed by atoms with Crippen molar-refractivity contribution in [3.63, 3.8) is 0 Å². The molecule has 0 radical (unpaired) electrons. The van der Waals surface area contributed by atoms with Crippen molar-refractivity contribution in [2.75, 3.05) is 6.61 Å². The van der Waals surface area contributed by atoms with E-state index in [-0.39, 0.29) is 20.0 Å². The summed E-state index contributed by atoms with van der Waals surface area (Å²) in [6.45, 7) is 2.58. The van der Waals surface area contributed by atoms with Crippen molar-refractivity contribution in [1.29, 1.82) is 0 Å². The Morgan fingerprint density at radius 1 is 1.45 bits per heavy atom. The van der Waals surface area contributed by atoms with E-state index in [1.165, 1.54) is 19.9 Å². The van der Waals surface area contributed by atoms with Crippen LogP contribution in [0.2, 0.25) is 5.02 Å². The molecule has 0 aliphatic carbocycles. The number of halogens is 2. The number of rotatable bonds is 5. The fraction of sp³-hybridized carbons (Fsp3) is 0.364. The van der Waals surface area contributed by atoms with E-state index in [0.717, 1.165) is 6.07 Å². The molecule has 0 atom stereocenters. The number of hydrogen-bond donors (Lipinski definition) is 3. The minimum Gasteiger partial charge on any atom is -0.478 e. The molecule has 0 saturated heterocycles. The van der Waals surface area contributed by atoms with Crippen LogP contribution in [-0.2, 0) is 10.0 Å². The number of sulfonamides is 1. The lowest BCUT2D eigenvalue weighted by atomic mass is 10.1. The average molecular weight is 387 g/mol. The molecule has 0 unspecified atom stereocenters. The molecule has 6 nitrogen and oxygen atoms in total. The summed E-state index contributed by atoms with van der Waals surface area (Å²) in [5, 5.41) is 18.0. The maximum Gasteiger partial charge on any atom is 0.337 e. The Balaban J connectivity index is 3.37. The van der Waals surface area contributed by atoms with Crippen LogP contribution in [0.25, 0.3) is 0 Å². The molecule has 0 amide bonds. The molecule has 0 heterocycles. The molecule has 20 heavy (non-hydrogen) atoms. The molecule has 0 aliphatic heterocycles. The maximum absolute atomic E-state index is 12.2. The molecule has 0 fully saturated rings. The van der Waals surface area contributed by atoms with Gasteiger partial charge in [-0.1, -0.05) is 11.6 Å². The minimum atomic E-state index is -3.99. The Bertz CT molecular complexity index is 644. The highest BCUT2D eigenvalue weighted by molar-refractivity contribution is 9.10. The van der Waals surface area contributed by atoms with Gasteiger partial charge < -0.3 is 10.2 Å². The first-order chi connectivity index (χ1) is 9.00. The first-order valence-electron chi connectivity index (χ1n) is 5.37. The Morgan fingerprint density at radius 2 is 2.00 bits per heavy atom. The number of carboxylic acids is 1. The van der Waals surface area contributed by atoms with Crippen molar-refractivity contribution in [2.24, 2.45) is 0 Å². The van der Waals surface area contributed by atoms with E-state index in [1.54, 1.807) is 0 Å². The summed E-state index contributed by atoms with van der Waals surface area (Å²) in [5.41, 5.74) is -1.41. The van der Waals surface area contributed by atoms with Gasteiger partial charge in [0.05, 0.1) is 27.6 Å². The number of benzene rings is 1. The van der Waals surface area contributed by atoms with Crippen LogP contribution < -0.4 is 4.72 Å². The van der Waals surface area contributed by atoms with Gasteiger partial charge in [-0.3, -0.25) is 0 Å². The van der Waals surface area contributed by atoms with E-state index in [1.807, 2.05) is 0 Å². The number of hydrogen-bond acceptors (Lipinski definition) is 4. The predicted octanol–water partition coefficient (Wildman–Crippen LogP) is 1.85. The van der Waals surface area contributed by atoms with Crippen LogP contribution in [0, 0.1) is 0 Å². The van der Waals surface area contributed by atoms with Crippen LogP contribution in [0.3, 0.4) is 0 Å². The topological polar surface area (TPSA) is 104 Å². The second-order valence-electron chi connectivity index (χ2n) is 4.72. The molecular formula is C11H13BrClNO5S. The summed E-state index contributed by atoms with van der Waals surface area (Å²) in [7, 11) is -3.99. The smallest absolute Gasteiger partial charge is 0.337 e. The lowest BCUT2D eigenvalue weighted by molar-refractivity contribution is 0.0696. The third kappa shape index (κ3) is 3.92. The summed E-state index contributed by atoms with van der Waals surface area (Å²) in [6.07, 6.45) is 0. The zero-order valence-corrected chi connectivity index (χ0v) is 13.8. The molecule has 0 spiro atoms. The van der Waals surface area contributed by atoms with Crippen molar-refractivity contribution >= 4 is 43.5 Å². The fourth-order valence-corrected chi connectivity index (χ4v) is 3.59. The van der Waals surface area contributed by atoms with Crippen molar-refractivity contribution in [3.05, 3.63) is 27.2 Å². The van der Waals surface area contributed by atoms with E-state index < -0.39 is 28.1 Å². The summed E-state index contributed by atoms with van der Waals surface area (Å²) >= 11 is 8.81. The van der Waals surface area contributed by atoms with Gasteiger partial charge in [0.15, 0.2) is 0 Å². The number of carbonyl (C=O) groups is 1. The first kappa shape index (κ1) is 17.4. The Hall–Kier alpha value is -0.670. The van der Waals surface area contributed by atoms with Crippen LogP contribution in [0.1, 0.15) is 24.2 Å². The predicted molar refractivity (Wildman–Crippen MR) is 77.6 cm³/mol. The molecule has 9 heteroatoms. The summed E-state index contributed by atoms with van der Waals surface area (Å²) in [6, 6.07) is 2.16. The number of carboxylic acid groups (broad SMARTS) is 1. The van der Waals surface area contributed by atoms with Gasteiger partial charge in [-0.25, -0.2) is 17.9 Å². The number of aromatic carboxylic acids is 1. The molecule has 1 aromatic rings. The fourth-order valence-electron chi connectivity index (χ4n) is 1.33. The van der Waals surface area contributed by atoms with Crippen LogP contribution in [0.4, 0.5) is 0 Å². The molecule has 112 valence electrons. The van der Waals surface area contributed by atoms with Gasteiger partial charge in [-0.05, 0) is 41.9 Å². The lowest BCUT2D eigenvalue weighted by Crippen LogP contribution is -2.46. The first-order valence-corrected chi connectivity index (χ1v) is 8.03. The highest BCUT2D eigenvalue weighted by Crippen LogP contribution is 2.30. The zero-order valence-electron chi connectivity index (χ0n) is 10.6. The second-order valence-corrected chi connectivity index (χ2v) is 7.63. The SMILES string of the molecule is CC(C)(CO)NS(=O)(=O)c1cc(Br)c(Cl)c(C(=O)O)c1. The van der Waals surface area contributed by atoms with E-state index in [2.05, 4.69) is 20.7 Å². The Labute approximate surface area is 129 Å². The van der Waals surface area contributed by atoms with E-state index in [4.69, 9.17) is 21.8 Å². The van der Waals surface area contributed by atoms with Crippen molar-refractivity contribution in [2.45, 2.75) is 24.3 Å². The number of nitrogens with one attached hydrogen (secondary N) is 1. The molecule has 0 bridgehead atoms. The Morgan fingerprint density at radius 3 is 2.45 bits per heavy atom. The van der Waals surface area contributed by atoms with Crippen molar-refractivity contribution in [1.82, 2.24) is 4.72 Å². The normalized spacial score (nSPS) is 12.4. The Kier molecular flexibility index (Phi) is 5.20. The average Bonchev–Trinajstić information content (AvgIpc) is 2.30. The summed E-state index contributed by atoms with van der Waals surface area (Å²) in [4.78, 5) is 10.8. The van der Waals surface area contributed by atoms with Gasteiger partial charge in [0.1, 0.15) is 0 Å². The molecule has 3 N–H and O–H groups in total.